The number of hydrazine groups is 1. The van der Waals surface area contributed by atoms with Gasteiger partial charge in [0.05, 0.1) is 10.7 Å². The van der Waals surface area contributed by atoms with E-state index < -0.39 is 12.0 Å². The maximum Gasteiger partial charge on any atom is 0.451 e. The van der Waals surface area contributed by atoms with Gasteiger partial charge in [0, 0.05) is 9.64 Å². The van der Waals surface area contributed by atoms with Gasteiger partial charge >= 0.3 is 6.18 Å². The van der Waals surface area contributed by atoms with Crippen LogP contribution in [0.2, 0.25) is 5.02 Å². The summed E-state index contributed by atoms with van der Waals surface area (Å²) in [7, 11) is 0. The second-order valence-electron chi connectivity index (χ2n) is 3.85. The summed E-state index contributed by atoms with van der Waals surface area (Å²) in [5, 5.41) is 3.06. The molecule has 1 aromatic carbocycles. The molecule has 0 aliphatic rings. The monoisotopic (exact) mass is 429 g/mol. The van der Waals surface area contributed by atoms with Crippen molar-refractivity contribution in [2.45, 2.75) is 6.18 Å². The van der Waals surface area contributed by atoms with Crippen molar-refractivity contribution in [1.29, 1.82) is 0 Å². The molecule has 2 aromatic rings. The number of halogens is 5. The van der Waals surface area contributed by atoms with Gasteiger partial charge in [-0.25, -0.2) is 15.8 Å². The molecule has 0 atom stereocenters. The fourth-order valence-corrected chi connectivity index (χ4v) is 2.34. The van der Waals surface area contributed by atoms with Gasteiger partial charge in [-0.3, -0.25) is 0 Å². The molecule has 112 valence electrons. The minimum Gasteiger partial charge on any atom is -0.339 e. The molecule has 0 bridgehead atoms. The van der Waals surface area contributed by atoms with E-state index in [1.807, 2.05) is 0 Å². The van der Waals surface area contributed by atoms with Crippen molar-refractivity contribution in [2.75, 3.05) is 10.7 Å². The molecule has 0 aliphatic heterocycles. The Bertz CT molecular complexity index is 665. The highest BCUT2D eigenvalue weighted by atomic mass is 127. The third-order valence-corrected chi connectivity index (χ3v) is 3.31. The molecule has 21 heavy (non-hydrogen) atoms. The number of nitrogens with two attached hydrogens (primary N) is 1. The summed E-state index contributed by atoms with van der Waals surface area (Å²) in [5.41, 5.74) is 2.49. The van der Waals surface area contributed by atoms with E-state index in [0.29, 0.717) is 10.7 Å². The average molecular weight is 430 g/mol. The van der Waals surface area contributed by atoms with Gasteiger partial charge in [-0.05, 0) is 40.8 Å². The molecule has 0 saturated carbocycles. The number of nitrogens with zero attached hydrogens (tertiary/aromatic N) is 2. The molecule has 1 heterocycles. The van der Waals surface area contributed by atoms with Gasteiger partial charge in [0.25, 0.3) is 0 Å². The zero-order valence-electron chi connectivity index (χ0n) is 10.2. The van der Waals surface area contributed by atoms with E-state index in [1.165, 1.54) is 6.07 Å². The van der Waals surface area contributed by atoms with Crippen LogP contribution in [0, 0.1) is 3.57 Å². The number of hydrogen-bond acceptors (Lipinski definition) is 5. The highest BCUT2D eigenvalue weighted by molar-refractivity contribution is 14.1. The summed E-state index contributed by atoms with van der Waals surface area (Å²) in [5.74, 6) is 3.57. The van der Waals surface area contributed by atoms with Crippen molar-refractivity contribution in [2.24, 2.45) is 5.84 Å². The Morgan fingerprint density at radius 2 is 1.81 bits per heavy atom. The number of nitrogen functional groups attached to an aromatic ring is 1. The molecule has 0 radical (unpaired) electrons. The Kier molecular flexibility index (Phi) is 4.74. The van der Waals surface area contributed by atoms with E-state index in [0.717, 1.165) is 3.57 Å². The number of aromatic nitrogens is 2. The Morgan fingerprint density at radius 3 is 2.38 bits per heavy atom. The number of hydrogen-bond donors (Lipinski definition) is 3. The second-order valence-corrected chi connectivity index (χ2v) is 5.51. The predicted octanol–water partition coefficient (Wildman–Crippen LogP) is 3.78. The summed E-state index contributed by atoms with van der Waals surface area (Å²) in [6, 6.07) is 6.29. The van der Waals surface area contributed by atoms with Crippen LogP contribution >= 0.6 is 34.2 Å². The highest BCUT2D eigenvalue weighted by Crippen LogP contribution is 2.30. The van der Waals surface area contributed by atoms with Crippen molar-refractivity contribution >= 4 is 51.5 Å². The molecule has 4 N–H and O–H groups in total. The first-order chi connectivity index (χ1) is 9.79. The van der Waals surface area contributed by atoms with Crippen LogP contribution < -0.4 is 16.6 Å². The molecule has 0 spiro atoms. The quantitative estimate of drug-likeness (QED) is 0.393. The van der Waals surface area contributed by atoms with E-state index in [-0.39, 0.29) is 11.6 Å². The lowest BCUT2D eigenvalue weighted by Gasteiger charge is -2.12. The second kappa shape index (κ2) is 6.20. The van der Waals surface area contributed by atoms with E-state index in [1.54, 1.807) is 18.2 Å². The number of benzene rings is 1. The lowest BCUT2D eigenvalue weighted by Crippen LogP contribution is -2.16. The molecule has 10 heteroatoms. The average Bonchev–Trinajstić information content (AvgIpc) is 2.40. The number of alkyl halides is 3. The fourth-order valence-electron chi connectivity index (χ4n) is 1.44. The van der Waals surface area contributed by atoms with Crippen molar-refractivity contribution in [3.05, 3.63) is 38.7 Å². The van der Waals surface area contributed by atoms with Gasteiger partial charge in [0.1, 0.15) is 11.6 Å². The summed E-state index contributed by atoms with van der Waals surface area (Å²) in [6.07, 6.45) is -4.68. The summed E-state index contributed by atoms with van der Waals surface area (Å²) in [6.45, 7) is 0. The minimum absolute atomic E-state index is 0.0756. The van der Waals surface area contributed by atoms with E-state index in [9.17, 15) is 13.2 Å². The number of rotatable bonds is 3. The van der Waals surface area contributed by atoms with Crippen LogP contribution in [0.5, 0.6) is 0 Å². The molecule has 0 fully saturated rings. The van der Waals surface area contributed by atoms with Crippen molar-refractivity contribution in [3.8, 4) is 0 Å². The van der Waals surface area contributed by atoms with E-state index in [2.05, 4.69) is 43.3 Å². The standard InChI is InChI=1S/C11H8ClF3IN5/c12-6-3-5(16)1-2-7(6)18-8-4-9(21-17)20-10(19-8)11(13,14)15/h1-4H,17H2,(H2,18,19,20,21). The van der Waals surface area contributed by atoms with Gasteiger partial charge in [-0.1, -0.05) is 11.6 Å². The van der Waals surface area contributed by atoms with Gasteiger partial charge in [-0.15, -0.1) is 0 Å². The van der Waals surface area contributed by atoms with Crippen LogP contribution in [-0.4, -0.2) is 9.97 Å². The van der Waals surface area contributed by atoms with Crippen LogP contribution in [0.4, 0.5) is 30.5 Å². The Balaban J connectivity index is 2.39. The largest absolute Gasteiger partial charge is 0.451 e. The first-order valence-electron chi connectivity index (χ1n) is 5.44. The third kappa shape index (κ3) is 4.08. The van der Waals surface area contributed by atoms with Gasteiger partial charge in [-0.2, -0.15) is 13.2 Å². The molecular formula is C11H8ClF3IN5. The number of anilines is 3. The van der Waals surface area contributed by atoms with Gasteiger partial charge in [0.2, 0.25) is 5.82 Å². The zero-order chi connectivity index (χ0) is 15.6. The lowest BCUT2D eigenvalue weighted by atomic mass is 10.3. The van der Waals surface area contributed by atoms with Crippen molar-refractivity contribution in [1.82, 2.24) is 9.97 Å². The highest BCUT2D eigenvalue weighted by Gasteiger charge is 2.35. The van der Waals surface area contributed by atoms with Crippen LogP contribution in [0.3, 0.4) is 0 Å². The van der Waals surface area contributed by atoms with Crippen LogP contribution in [0.25, 0.3) is 0 Å². The summed E-state index contributed by atoms with van der Waals surface area (Å²) in [4.78, 5) is 6.66. The van der Waals surface area contributed by atoms with Crippen molar-refractivity contribution in [3.63, 3.8) is 0 Å². The minimum atomic E-state index is -4.68. The molecule has 0 saturated heterocycles. The first-order valence-corrected chi connectivity index (χ1v) is 6.90. The Hall–Kier alpha value is -1.33. The smallest absolute Gasteiger partial charge is 0.339 e. The lowest BCUT2D eigenvalue weighted by molar-refractivity contribution is -0.144. The molecule has 0 aliphatic carbocycles. The molecular weight excluding hydrogens is 422 g/mol. The third-order valence-electron chi connectivity index (χ3n) is 2.32. The van der Waals surface area contributed by atoms with Gasteiger partial charge in [0.15, 0.2) is 0 Å². The molecule has 0 unspecified atom stereocenters. The summed E-state index contributed by atoms with van der Waals surface area (Å²) >= 11 is 8.08. The van der Waals surface area contributed by atoms with Crippen LogP contribution in [0.1, 0.15) is 5.82 Å². The zero-order valence-corrected chi connectivity index (χ0v) is 13.1. The van der Waals surface area contributed by atoms with E-state index >= 15 is 0 Å². The maximum atomic E-state index is 12.7. The molecule has 0 amide bonds. The predicted molar refractivity (Wildman–Crippen MR) is 82.3 cm³/mol. The fraction of sp³-hybridized carbons (Fsp3) is 0.0909. The summed E-state index contributed by atoms with van der Waals surface area (Å²) < 4.78 is 39.0. The normalized spacial score (nSPS) is 11.3. The van der Waals surface area contributed by atoms with Gasteiger partial charge < -0.3 is 10.7 Å². The van der Waals surface area contributed by atoms with Crippen molar-refractivity contribution < 1.29 is 13.2 Å². The maximum absolute atomic E-state index is 12.7. The number of nitrogens with one attached hydrogen (secondary N) is 2. The van der Waals surface area contributed by atoms with Crippen LogP contribution in [-0.2, 0) is 6.18 Å². The topological polar surface area (TPSA) is 75.9 Å². The Labute approximate surface area is 136 Å². The molecule has 5 nitrogen and oxygen atoms in total. The Morgan fingerprint density at radius 1 is 1.14 bits per heavy atom. The molecule has 1 aromatic heterocycles. The SMILES string of the molecule is NNc1cc(Nc2ccc(I)cc2Cl)nc(C(F)(F)F)n1. The first kappa shape index (κ1) is 16.0. The van der Waals surface area contributed by atoms with Crippen LogP contribution in [0.15, 0.2) is 24.3 Å². The van der Waals surface area contributed by atoms with E-state index in [4.69, 9.17) is 17.4 Å². The molecule has 2 rings (SSSR count).